The number of rotatable bonds is 4. The van der Waals surface area contributed by atoms with Crippen molar-refractivity contribution >= 4 is 5.97 Å². The molecule has 0 saturated heterocycles. The zero-order valence-electron chi connectivity index (χ0n) is 10.2. The molecule has 1 aromatic rings. The van der Waals surface area contributed by atoms with Gasteiger partial charge in [0.15, 0.2) is 0 Å². The van der Waals surface area contributed by atoms with Gasteiger partial charge in [-0.2, -0.15) is 0 Å². The number of carbonyl (C=O) groups is 1. The Kier molecular flexibility index (Phi) is 5.84. The SMILES string of the molecule is CNCCC#Cc1ccccc1CC(=O)OC. The van der Waals surface area contributed by atoms with Gasteiger partial charge in [0.2, 0.25) is 0 Å². The lowest BCUT2D eigenvalue weighted by Crippen LogP contribution is -2.06. The predicted octanol–water partition coefficient (Wildman–Crippen LogP) is 1.36. The Hall–Kier alpha value is -1.79. The Labute approximate surface area is 102 Å². The van der Waals surface area contributed by atoms with Crippen molar-refractivity contribution in [3.05, 3.63) is 35.4 Å². The summed E-state index contributed by atoms with van der Waals surface area (Å²) in [7, 11) is 3.29. The number of hydrogen-bond donors (Lipinski definition) is 1. The number of nitrogens with one attached hydrogen (secondary N) is 1. The molecule has 0 saturated carbocycles. The fraction of sp³-hybridized carbons (Fsp3) is 0.357. The van der Waals surface area contributed by atoms with E-state index in [-0.39, 0.29) is 12.4 Å². The van der Waals surface area contributed by atoms with E-state index >= 15 is 0 Å². The normalized spacial score (nSPS) is 9.29. The maximum Gasteiger partial charge on any atom is 0.310 e. The molecule has 0 atom stereocenters. The van der Waals surface area contributed by atoms with E-state index in [4.69, 9.17) is 0 Å². The highest BCUT2D eigenvalue weighted by atomic mass is 16.5. The van der Waals surface area contributed by atoms with Crippen molar-refractivity contribution in [2.45, 2.75) is 12.8 Å². The standard InChI is InChI=1S/C14H17NO2/c1-15-10-6-5-8-12-7-3-4-9-13(12)11-14(16)17-2/h3-4,7,9,15H,6,10-11H2,1-2H3. The number of carbonyl (C=O) groups excluding carboxylic acids is 1. The van der Waals surface area contributed by atoms with E-state index in [0.717, 1.165) is 24.1 Å². The Bertz CT molecular complexity index is 429. The van der Waals surface area contributed by atoms with Gasteiger partial charge in [0.1, 0.15) is 0 Å². The summed E-state index contributed by atoms with van der Waals surface area (Å²) in [5.41, 5.74) is 1.81. The quantitative estimate of drug-likeness (QED) is 0.483. The number of benzene rings is 1. The average Bonchev–Trinajstić information content (AvgIpc) is 2.36. The molecule has 3 nitrogen and oxygen atoms in total. The first-order valence-corrected chi connectivity index (χ1v) is 5.56. The first kappa shape index (κ1) is 13.3. The Morgan fingerprint density at radius 3 is 2.88 bits per heavy atom. The number of ether oxygens (including phenoxy) is 1. The number of esters is 1. The zero-order valence-corrected chi connectivity index (χ0v) is 10.2. The first-order valence-electron chi connectivity index (χ1n) is 5.56. The number of hydrogen-bond acceptors (Lipinski definition) is 3. The molecular weight excluding hydrogens is 214 g/mol. The largest absolute Gasteiger partial charge is 0.469 e. The lowest BCUT2D eigenvalue weighted by atomic mass is 10.0. The molecule has 17 heavy (non-hydrogen) atoms. The van der Waals surface area contributed by atoms with E-state index < -0.39 is 0 Å². The highest BCUT2D eigenvalue weighted by Crippen LogP contribution is 2.08. The fourth-order valence-corrected chi connectivity index (χ4v) is 1.37. The molecule has 90 valence electrons. The monoisotopic (exact) mass is 231 g/mol. The molecule has 0 amide bonds. The van der Waals surface area contributed by atoms with Crippen LogP contribution in [0.15, 0.2) is 24.3 Å². The highest BCUT2D eigenvalue weighted by molar-refractivity contribution is 5.73. The Balaban J connectivity index is 2.76. The van der Waals surface area contributed by atoms with Crippen LogP contribution in [0.5, 0.6) is 0 Å². The van der Waals surface area contributed by atoms with Crippen LogP contribution in [0.1, 0.15) is 17.5 Å². The van der Waals surface area contributed by atoms with Crippen LogP contribution in [0.4, 0.5) is 0 Å². The fourth-order valence-electron chi connectivity index (χ4n) is 1.37. The topological polar surface area (TPSA) is 38.3 Å². The van der Waals surface area contributed by atoms with Crippen molar-refractivity contribution in [3.63, 3.8) is 0 Å². The average molecular weight is 231 g/mol. The number of methoxy groups -OCH3 is 1. The molecular formula is C14H17NO2. The van der Waals surface area contributed by atoms with Crippen molar-refractivity contribution in [2.24, 2.45) is 0 Å². The summed E-state index contributed by atoms with van der Waals surface area (Å²) in [6.45, 7) is 0.867. The lowest BCUT2D eigenvalue weighted by molar-refractivity contribution is -0.139. The van der Waals surface area contributed by atoms with Crippen LogP contribution in [0.2, 0.25) is 0 Å². The molecule has 1 N–H and O–H groups in total. The molecule has 1 rings (SSSR count). The second-order valence-electron chi connectivity index (χ2n) is 3.57. The molecule has 0 aliphatic carbocycles. The summed E-state index contributed by atoms with van der Waals surface area (Å²) in [5.74, 6) is 5.91. The third-order valence-electron chi connectivity index (χ3n) is 2.30. The third-order valence-corrected chi connectivity index (χ3v) is 2.30. The van der Waals surface area contributed by atoms with Gasteiger partial charge in [0.05, 0.1) is 13.5 Å². The molecule has 0 bridgehead atoms. The minimum Gasteiger partial charge on any atom is -0.469 e. The van der Waals surface area contributed by atoms with E-state index in [2.05, 4.69) is 21.9 Å². The minimum absolute atomic E-state index is 0.241. The van der Waals surface area contributed by atoms with Crippen LogP contribution in [0.25, 0.3) is 0 Å². The third kappa shape index (κ3) is 4.71. The van der Waals surface area contributed by atoms with Crippen LogP contribution in [0, 0.1) is 11.8 Å². The summed E-state index contributed by atoms with van der Waals surface area (Å²) in [4.78, 5) is 11.2. The van der Waals surface area contributed by atoms with Crippen molar-refractivity contribution in [2.75, 3.05) is 20.7 Å². The smallest absolute Gasteiger partial charge is 0.310 e. The van der Waals surface area contributed by atoms with Crippen molar-refractivity contribution in [3.8, 4) is 11.8 Å². The summed E-state index contributed by atoms with van der Waals surface area (Å²) in [6.07, 6.45) is 1.07. The Morgan fingerprint density at radius 2 is 2.18 bits per heavy atom. The lowest BCUT2D eigenvalue weighted by Gasteiger charge is -2.02. The molecule has 0 aromatic heterocycles. The van der Waals surface area contributed by atoms with Crippen LogP contribution >= 0.6 is 0 Å². The van der Waals surface area contributed by atoms with Gasteiger partial charge in [-0.15, -0.1) is 0 Å². The Morgan fingerprint density at radius 1 is 1.41 bits per heavy atom. The first-order chi connectivity index (χ1) is 8.27. The van der Waals surface area contributed by atoms with Gasteiger partial charge in [-0.05, 0) is 18.7 Å². The predicted molar refractivity (Wildman–Crippen MR) is 67.6 cm³/mol. The van der Waals surface area contributed by atoms with E-state index in [0.29, 0.717) is 0 Å². The summed E-state index contributed by atoms with van der Waals surface area (Å²) in [5, 5.41) is 3.03. The zero-order chi connectivity index (χ0) is 12.5. The van der Waals surface area contributed by atoms with E-state index in [1.165, 1.54) is 7.11 Å². The van der Waals surface area contributed by atoms with Gasteiger partial charge in [-0.3, -0.25) is 4.79 Å². The second kappa shape index (κ2) is 7.48. The molecule has 0 heterocycles. The molecule has 3 heteroatoms. The van der Waals surface area contributed by atoms with Crippen molar-refractivity contribution < 1.29 is 9.53 Å². The van der Waals surface area contributed by atoms with Gasteiger partial charge in [-0.1, -0.05) is 30.0 Å². The van der Waals surface area contributed by atoms with E-state index in [1.807, 2.05) is 31.3 Å². The molecule has 0 fully saturated rings. The van der Waals surface area contributed by atoms with Crippen molar-refractivity contribution in [1.82, 2.24) is 5.32 Å². The van der Waals surface area contributed by atoms with Crippen LogP contribution in [-0.2, 0) is 16.0 Å². The van der Waals surface area contributed by atoms with Gasteiger partial charge < -0.3 is 10.1 Å². The van der Waals surface area contributed by atoms with Crippen LogP contribution < -0.4 is 5.32 Å². The van der Waals surface area contributed by atoms with Gasteiger partial charge >= 0.3 is 5.97 Å². The summed E-state index contributed by atoms with van der Waals surface area (Å²) < 4.78 is 4.66. The van der Waals surface area contributed by atoms with Gasteiger partial charge in [0.25, 0.3) is 0 Å². The van der Waals surface area contributed by atoms with Gasteiger partial charge in [-0.25, -0.2) is 0 Å². The second-order valence-corrected chi connectivity index (χ2v) is 3.57. The van der Waals surface area contributed by atoms with Crippen LogP contribution in [0.3, 0.4) is 0 Å². The molecule has 0 radical (unpaired) electrons. The maximum atomic E-state index is 11.2. The minimum atomic E-state index is -0.241. The molecule has 1 aromatic carbocycles. The highest BCUT2D eigenvalue weighted by Gasteiger charge is 2.05. The molecule has 0 aliphatic rings. The van der Waals surface area contributed by atoms with Crippen molar-refractivity contribution in [1.29, 1.82) is 0 Å². The molecule has 0 unspecified atom stereocenters. The van der Waals surface area contributed by atoms with E-state index in [9.17, 15) is 4.79 Å². The maximum absolute atomic E-state index is 11.2. The molecule has 0 spiro atoms. The summed E-state index contributed by atoms with van der Waals surface area (Å²) in [6, 6.07) is 7.64. The summed E-state index contributed by atoms with van der Waals surface area (Å²) >= 11 is 0. The van der Waals surface area contributed by atoms with Crippen LogP contribution in [-0.4, -0.2) is 26.7 Å². The van der Waals surface area contributed by atoms with E-state index in [1.54, 1.807) is 0 Å². The van der Waals surface area contributed by atoms with Gasteiger partial charge in [0, 0.05) is 18.5 Å². The molecule has 0 aliphatic heterocycles.